The van der Waals surface area contributed by atoms with Crippen molar-refractivity contribution in [3.63, 3.8) is 0 Å². The standard InChI is InChI=1S/C16H26O2/c1-15(2,3)11-17-13-9-7-8-10-14(13)18-12-16(4,5)6/h7-10H,11-12H2,1-6H3. The molecule has 2 nitrogen and oxygen atoms in total. The Balaban J connectivity index is 2.68. The van der Waals surface area contributed by atoms with Gasteiger partial charge in [0.25, 0.3) is 0 Å². The highest BCUT2D eigenvalue weighted by atomic mass is 16.5. The van der Waals surface area contributed by atoms with Crippen LogP contribution < -0.4 is 9.47 Å². The predicted octanol–water partition coefficient (Wildman–Crippen LogP) is 4.54. The molecule has 0 bridgehead atoms. The molecule has 0 spiro atoms. The molecule has 0 radical (unpaired) electrons. The maximum atomic E-state index is 5.84. The van der Waals surface area contributed by atoms with Crippen LogP contribution in [0.15, 0.2) is 24.3 Å². The van der Waals surface area contributed by atoms with Crippen LogP contribution in [-0.2, 0) is 0 Å². The Morgan fingerprint density at radius 2 is 1.06 bits per heavy atom. The summed E-state index contributed by atoms with van der Waals surface area (Å²) in [6.07, 6.45) is 0. The Morgan fingerprint density at radius 1 is 0.722 bits per heavy atom. The summed E-state index contributed by atoms with van der Waals surface area (Å²) >= 11 is 0. The van der Waals surface area contributed by atoms with E-state index in [2.05, 4.69) is 41.5 Å². The maximum absolute atomic E-state index is 5.84. The zero-order chi connectivity index (χ0) is 13.8. The van der Waals surface area contributed by atoms with Crippen molar-refractivity contribution in [2.24, 2.45) is 10.8 Å². The van der Waals surface area contributed by atoms with E-state index in [1.165, 1.54) is 0 Å². The van der Waals surface area contributed by atoms with Crippen LogP contribution in [0.1, 0.15) is 41.5 Å². The topological polar surface area (TPSA) is 18.5 Å². The molecule has 0 fully saturated rings. The molecule has 0 saturated carbocycles. The van der Waals surface area contributed by atoms with E-state index >= 15 is 0 Å². The Bertz CT molecular complexity index is 332. The molecule has 18 heavy (non-hydrogen) atoms. The summed E-state index contributed by atoms with van der Waals surface area (Å²) in [4.78, 5) is 0. The van der Waals surface area contributed by atoms with Crippen LogP contribution in [0, 0.1) is 10.8 Å². The predicted molar refractivity (Wildman–Crippen MR) is 76.3 cm³/mol. The van der Waals surface area contributed by atoms with E-state index in [9.17, 15) is 0 Å². The molecule has 2 heteroatoms. The third kappa shape index (κ3) is 5.95. The van der Waals surface area contributed by atoms with Gasteiger partial charge >= 0.3 is 0 Å². The maximum Gasteiger partial charge on any atom is 0.161 e. The van der Waals surface area contributed by atoms with Crippen LogP contribution in [-0.4, -0.2) is 13.2 Å². The fraction of sp³-hybridized carbons (Fsp3) is 0.625. The van der Waals surface area contributed by atoms with Gasteiger partial charge in [0.2, 0.25) is 0 Å². The van der Waals surface area contributed by atoms with Gasteiger partial charge in [0.05, 0.1) is 13.2 Å². The highest BCUT2D eigenvalue weighted by Gasteiger charge is 2.15. The van der Waals surface area contributed by atoms with E-state index in [1.54, 1.807) is 0 Å². The fourth-order valence-electron chi connectivity index (χ4n) is 1.28. The van der Waals surface area contributed by atoms with Crippen molar-refractivity contribution in [3.8, 4) is 11.5 Å². The number of ether oxygens (including phenoxy) is 2. The largest absolute Gasteiger partial charge is 0.489 e. The van der Waals surface area contributed by atoms with Crippen molar-refractivity contribution >= 4 is 0 Å². The van der Waals surface area contributed by atoms with Gasteiger partial charge in [-0.05, 0) is 23.0 Å². The van der Waals surface area contributed by atoms with Crippen molar-refractivity contribution in [3.05, 3.63) is 24.3 Å². The molecule has 0 saturated heterocycles. The minimum absolute atomic E-state index is 0.150. The van der Waals surface area contributed by atoms with Crippen LogP contribution in [0.4, 0.5) is 0 Å². The van der Waals surface area contributed by atoms with Gasteiger partial charge in [0, 0.05) is 0 Å². The molecule has 0 unspecified atom stereocenters. The average molecular weight is 250 g/mol. The second-order valence-electron chi connectivity index (χ2n) is 7.15. The van der Waals surface area contributed by atoms with Crippen molar-refractivity contribution in [1.29, 1.82) is 0 Å². The molecule has 0 aromatic heterocycles. The number of benzene rings is 1. The van der Waals surface area contributed by atoms with Crippen LogP contribution in [0.5, 0.6) is 11.5 Å². The Kier molecular flexibility index (Phi) is 4.66. The molecule has 0 aliphatic rings. The van der Waals surface area contributed by atoms with Crippen LogP contribution >= 0.6 is 0 Å². The summed E-state index contributed by atoms with van der Waals surface area (Å²) in [6.45, 7) is 14.3. The first-order valence-electron chi connectivity index (χ1n) is 6.52. The lowest BCUT2D eigenvalue weighted by atomic mass is 9.98. The van der Waals surface area contributed by atoms with E-state index in [4.69, 9.17) is 9.47 Å². The smallest absolute Gasteiger partial charge is 0.161 e. The second kappa shape index (κ2) is 5.64. The molecular formula is C16H26O2. The van der Waals surface area contributed by atoms with Gasteiger partial charge in [-0.3, -0.25) is 0 Å². The normalized spacial score (nSPS) is 12.3. The summed E-state index contributed by atoms with van der Waals surface area (Å²) < 4.78 is 11.7. The van der Waals surface area contributed by atoms with Gasteiger partial charge in [0.1, 0.15) is 0 Å². The fourth-order valence-corrected chi connectivity index (χ4v) is 1.28. The van der Waals surface area contributed by atoms with Gasteiger partial charge in [-0.1, -0.05) is 53.7 Å². The molecule has 0 N–H and O–H groups in total. The minimum Gasteiger partial charge on any atom is -0.489 e. The third-order valence-electron chi connectivity index (χ3n) is 2.17. The molecular weight excluding hydrogens is 224 g/mol. The number of para-hydroxylation sites is 2. The van der Waals surface area contributed by atoms with Gasteiger partial charge in [0.15, 0.2) is 11.5 Å². The van der Waals surface area contributed by atoms with Gasteiger partial charge in [-0.15, -0.1) is 0 Å². The van der Waals surface area contributed by atoms with Crippen molar-refractivity contribution in [2.75, 3.05) is 13.2 Å². The lowest BCUT2D eigenvalue weighted by Gasteiger charge is -2.22. The Morgan fingerprint density at radius 3 is 1.33 bits per heavy atom. The van der Waals surface area contributed by atoms with Crippen molar-refractivity contribution in [1.82, 2.24) is 0 Å². The number of hydrogen-bond acceptors (Lipinski definition) is 2. The molecule has 0 amide bonds. The van der Waals surface area contributed by atoms with Gasteiger partial charge < -0.3 is 9.47 Å². The second-order valence-corrected chi connectivity index (χ2v) is 7.15. The van der Waals surface area contributed by atoms with E-state index in [1.807, 2.05) is 24.3 Å². The molecule has 1 aromatic carbocycles. The van der Waals surface area contributed by atoms with Crippen LogP contribution in [0.3, 0.4) is 0 Å². The molecule has 0 aliphatic heterocycles. The van der Waals surface area contributed by atoms with E-state index in [0.29, 0.717) is 13.2 Å². The summed E-state index contributed by atoms with van der Waals surface area (Å²) in [5.74, 6) is 1.66. The molecule has 102 valence electrons. The van der Waals surface area contributed by atoms with Gasteiger partial charge in [-0.2, -0.15) is 0 Å². The quantitative estimate of drug-likeness (QED) is 0.781. The first-order chi connectivity index (χ1) is 8.17. The summed E-state index contributed by atoms with van der Waals surface area (Å²) in [6, 6.07) is 7.87. The molecule has 0 aliphatic carbocycles. The number of hydrogen-bond donors (Lipinski definition) is 0. The van der Waals surface area contributed by atoms with Crippen molar-refractivity contribution < 1.29 is 9.47 Å². The Hall–Kier alpha value is -1.18. The molecule has 1 aromatic rings. The van der Waals surface area contributed by atoms with Crippen LogP contribution in [0.25, 0.3) is 0 Å². The average Bonchev–Trinajstić information content (AvgIpc) is 2.22. The lowest BCUT2D eigenvalue weighted by molar-refractivity contribution is 0.167. The van der Waals surface area contributed by atoms with Crippen LogP contribution in [0.2, 0.25) is 0 Å². The lowest BCUT2D eigenvalue weighted by Crippen LogP contribution is -2.19. The zero-order valence-corrected chi connectivity index (χ0v) is 12.5. The van der Waals surface area contributed by atoms with Crippen molar-refractivity contribution in [2.45, 2.75) is 41.5 Å². The van der Waals surface area contributed by atoms with E-state index in [0.717, 1.165) is 11.5 Å². The van der Waals surface area contributed by atoms with E-state index in [-0.39, 0.29) is 10.8 Å². The van der Waals surface area contributed by atoms with E-state index < -0.39 is 0 Å². The molecule has 0 atom stereocenters. The summed E-state index contributed by atoms with van der Waals surface area (Å²) in [7, 11) is 0. The molecule has 1 rings (SSSR count). The monoisotopic (exact) mass is 250 g/mol. The summed E-state index contributed by atoms with van der Waals surface area (Å²) in [5.41, 5.74) is 0.300. The third-order valence-corrected chi connectivity index (χ3v) is 2.17. The summed E-state index contributed by atoms with van der Waals surface area (Å²) in [5, 5.41) is 0. The Labute approximate surface area is 111 Å². The minimum atomic E-state index is 0.150. The SMILES string of the molecule is CC(C)(C)COc1ccccc1OCC(C)(C)C. The number of rotatable bonds is 4. The highest BCUT2D eigenvalue weighted by Crippen LogP contribution is 2.29. The first kappa shape index (κ1) is 14.9. The first-order valence-corrected chi connectivity index (χ1v) is 6.52. The van der Waals surface area contributed by atoms with Gasteiger partial charge in [-0.25, -0.2) is 0 Å². The highest BCUT2D eigenvalue weighted by molar-refractivity contribution is 5.39. The molecule has 0 heterocycles. The zero-order valence-electron chi connectivity index (χ0n) is 12.5.